The Kier molecular flexibility index (Phi) is 15.1. The van der Waals surface area contributed by atoms with Crippen molar-refractivity contribution in [3.8, 4) is 0 Å². The van der Waals surface area contributed by atoms with E-state index < -0.39 is 11.7 Å². The molecular weight excluding hydrogens is 324 g/mol. The van der Waals surface area contributed by atoms with E-state index in [1.807, 2.05) is 13.8 Å². The second kappa shape index (κ2) is 12.3. The third-order valence-electron chi connectivity index (χ3n) is 1.68. The normalized spacial score (nSPS) is 9.70. The standard InChI is InChI=1S/C10H7ClF3N2.C2H6.ClH.Mg/c11-9-3-2-7(16-5-1-4-15)6-8(9)10(12,13)14;1-2;;/h2-6,15-16H;1-2H3;1H;/q-1;;;+2/p-1. The Morgan fingerprint density at radius 1 is 1.30 bits per heavy atom. The van der Waals surface area contributed by atoms with Gasteiger partial charge in [0.2, 0.25) is 0 Å². The van der Waals surface area contributed by atoms with Crippen LogP contribution in [0.1, 0.15) is 19.4 Å². The molecule has 0 aliphatic rings. The van der Waals surface area contributed by atoms with Gasteiger partial charge in [0.1, 0.15) is 0 Å². The van der Waals surface area contributed by atoms with E-state index in [9.17, 15) is 13.2 Å². The molecule has 0 atom stereocenters. The van der Waals surface area contributed by atoms with Crippen molar-refractivity contribution in [2.45, 2.75) is 20.0 Å². The molecule has 1 aromatic rings. The van der Waals surface area contributed by atoms with Gasteiger partial charge in [-0.15, -0.1) is 0 Å². The van der Waals surface area contributed by atoms with Gasteiger partial charge in [0.15, 0.2) is 0 Å². The smallest absolute Gasteiger partial charge is 1.00 e. The minimum atomic E-state index is -4.48. The minimum Gasteiger partial charge on any atom is -1.00 e. The van der Waals surface area contributed by atoms with Gasteiger partial charge in [-0.05, 0) is 18.2 Å². The number of rotatable bonds is 3. The largest absolute Gasteiger partial charge is 2.00 e. The van der Waals surface area contributed by atoms with Crippen LogP contribution in [0.4, 0.5) is 18.9 Å². The Morgan fingerprint density at radius 2 is 1.85 bits per heavy atom. The Hall–Kier alpha value is -0.434. The average Bonchev–Trinajstić information content (AvgIpc) is 2.33. The maximum atomic E-state index is 12.4. The summed E-state index contributed by atoms with van der Waals surface area (Å²) in [4.78, 5) is 0. The average molecular weight is 337 g/mol. The molecule has 0 aliphatic heterocycles. The molecule has 1 aromatic carbocycles. The van der Waals surface area contributed by atoms with E-state index in [2.05, 4.69) is 11.4 Å². The van der Waals surface area contributed by atoms with E-state index in [4.69, 9.17) is 17.0 Å². The summed E-state index contributed by atoms with van der Waals surface area (Å²) < 4.78 is 37.3. The number of benzene rings is 1. The third kappa shape index (κ3) is 8.68. The summed E-state index contributed by atoms with van der Waals surface area (Å²) in [7, 11) is 0. The quantitative estimate of drug-likeness (QED) is 0.488. The van der Waals surface area contributed by atoms with Crippen molar-refractivity contribution in [2.75, 3.05) is 5.32 Å². The first-order valence-electron chi connectivity index (χ1n) is 5.15. The van der Waals surface area contributed by atoms with Crippen LogP contribution in [0, 0.1) is 11.5 Å². The fraction of sp³-hybridized carbons (Fsp3) is 0.250. The summed E-state index contributed by atoms with van der Waals surface area (Å²) in [5, 5.41) is 8.83. The minimum absolute atomic E-state index is 0. The van der Waals surface area contributed by atoms with Crippen molar-refractivity contribution in [1.29, 1.82) is 5.41 Å². The summed E-state index contributed by atoms with van der Waals surface area (Å²) in [6.07, 6.45) is -0.00646. The Balaban J connectivity index is -0.000000689. The SMILES string of the molecule is CC.N=C[C-]=CNc1ccc(Cl)c(C(F)(F)F)c1.[Cl-].[Mg+2]. The molecule has 0 saturated heterocycles. The van der Waals surface area contributed by atoms with Gasteiger partial charge in [-0.2, -0.15) is 25.6 Å². The molecule has 0 radical (unpaired) electrons. The van der Waals surface area contributed by atoms with Crippen LogP contribution < -0.4 is 17.7 Å². The maximum Gasteiger partial charge on any atom is 2.00 e. The zero-order chi connectivity index (χ0) is 14.2. The Bertz CT molecular complexity index is 424. The van der Waals surface area contributed by atoms with Crippen LogP contribution in [0.2, 0.25) is 5.02 Å². The van der Waals surface area contributed by atoms with Gasteiger partial charge in [-0.1, -0.05) is 25.4 Å². The second-order valence-electron chi connectivity index (χ2n) is 2.79. The monoisotopic (exact) mass is 336 g/mol. The van der Waals surface area contributed by atoms with Gasteiger partial charge < -0.3 is 29.2 Å². The van der Waals surface area contributed by atoms with Crippen LogP contribution in [0.5, 0.6) is 0 Å². The first-order chi connectivity index (χ1) is 8.45. The molecule has 0 saturated carbocycles. The van der Waals surface area contributed by atoms with E-state index in [1.165, 1.54) is 12.3 Å². The van der Waals surface area contributed by atoms with Crippen molar-refractivity contribution in [1.82, 2.24) is 0 Å². The maximum absolute atomic E-state index is 12.4. The number of allylic oxidation sites excluding steroid dienone is 1. The van der Waals surface area contributed by atoms with Gasteiger partial charge in [-0.25, -0.2) is 0 Å². The molecule has 108 valence electrons. The van der Waals surface area contributed by atoms with E-state index >= 15 is 0 Å². The molecule has 0 aromatic heterocycles. The number of hydrogen-bond acceptors (Lipinski definition) is 2. The van der Waals surface area contributed by atoms with Gasteiger partial charge >= 0.3 is 29.2 Å². The number of nitrogens with one attached hydrogen (secondary N) is 2. The predicted molar refractivity (Wildman–Crippen MR) is 73.8 cm³/mol. The first kappa shape index (κ1) is 24.6. The molecular formula is C12H13Cl2F3MgN2. The van der Waals surface area contributed by atoms with Crippen molar-refractivity contribution in [3.05, 3.63) is 41.1 Å². The molecule has 0 heterocycles. The van der Waals surface area contributed by atoms with Crippen molar-refractivity contribution >= 4 is 46.6 Å². The van der Waals surface area contributed by atoms with Crippen LogP contribution in [-0.4, -0.2) is 29.3 Å². The predicted octanol–water partition coefficient (Wildman–Crippen LogP) is 1.39. The van der Waals surface area contributed by atoms with E-state index in [0.29, 0.717) is 0 Å². The van der Waals surface area contributed by atoms with Gasteiger partial charge in [-0.3, -0.25) is 0 Å². The van der Waals surface area contributed by atoms with E-state index in [0.717, 1.165) is 18.3 Å². The molecule has 0 spiro atoms. The number of anilines is 1. The van der Waals surface area contributed by atoms with Crippen LogP contribution in [0.25, 0.3) is 0 Å². The third-order valence-corrected chi connectivity index (χ3v) is 2.01. The van der Waals surface area contributed by atoms with Crippen molar-refractivity contribution in [2.24, 2.45) is 0 Å². The van der Waals surface area contributed by atoms with Gasteiger partial charge in [0.25, 0.3) is 0 Å². The molecule has 0 bridgehead atoms. The number of alkyl halides is 3. The molecule has 0 fully saturated rings. The molecule has 0 unspecified atom stereocenters. The molecule has 2 nitrogen and oxygen atoms in total. The second-order valence-corrected chi connectivity index (χ2v) is 3.20. The number of hydrogen-bond donors (Lipinski definition) is 2. The fourth-order valence-corrected chi connectivity index (χ4v) is 1.22. The van der Waals surface area contributed by atoms with E-state index in [1.54, 1.807) is 0 Å². The summed E-state index contributed by atoms with van der Waals surface area (Å²) in [5.41, 5.74) is -0.673. The summed E-state index contributed by atoms with van der Waals surface area (Å²) >= 11 is 5.43. The number of halogens is 5. The Labute approximate surface area is 143 Å². The zero-order valence-corrected chi connectivity index (χ0v) is 13.9. The summed E-state index contributed by atoms with van der Waals surface area (Å²) in [6, 6.07) is 3.45. The molecule has 2 N–H and O–H groups in total. The Morgan fingerprint density at radius 3 is 2.30 bits per heavy atom. The van der Waals surface area contributed by atoms with Crippen LogP contribution in [0.3, 0.4) is 0 Å². The van der Waals surface area contributed by atoms with E-state index in [-0.39, 0.29) is 46.2 Å². The van der Waals surface area contributed by atoms with Gasteiger partial charge in [0.05, 0.1) is 10.6 Å². The fourth-order valence-electron chi connectivity index (χ4n) is 0.999. The van der Waals surface area contributed by atoms with Crippen molar-refractivity contribution in [3.63, 3.8) is 0 Å². The van der Waals surface area contributed by atoms with Gasteiger partial charge in [0, 0.05) is 5.69 Å². The van der Waals surface area contributed by atoms with Crippen LogP contribution >= 0.6 is 11.6 Å². The molecule has 1 rings (SSSR count). The topological polar surface area (TPSA) is 35.9 Å². The summed E-state index contributed by atoms with van der Waals surface area (Å²) in [6.45, 7) is 4.00. The molecule has 0 aliphatic carbocycles. The van der Waals surface area contributed by atoms with Crippen LogP contribution in [-0.2, 0) is 6.18 Å². The summed E-state index contributed by atoms with van der Waals surface area (Å²) in [5.74, 6) is 0. The molecule has 8 heteroatoms. The molecule has 20 heavy (non-hydrogen) atoms. The first-order valence-corrected chi connectivity index (χ1v) is 5.53. The zero-order valence-electron chi connectivity index (χ0n) is 11.0. The van der Waals surface area contributed by atoms with Crippen molar-refractivity contribution < 1.29 is 25.6 Å². The molecule has 0 amide bonds. The van der Waals surface area contributed by atoms with Crippen LogP contribution in [0.15, 0.2) is 24.4 Å².